The van der Waals surface area contributed by atoms with E-state index >= 15 is 0 Å². The molecule has 0 amide bonds. The lowest BCUT2D eigenvalue weighted by Gasteiger charge is -2.07. The zero-order chi connectivity index (χ0) is 13.4. The number of hydrogen-bond acceptors (Lipinski definition) is 1. The number of halogens is 2. The molecule has 0 unspecified atom stereocenters. The van der Waals surface area contributed by atoms with Gasteiger partial charge in [-0.15, -0.1) is 0 Å². The summed E-state index contributed by atoms with van der Waals surface area (Å²) in [5.74, 6) is 0.0842. The molecule has 0 radical (unpaired) electrons. The number of carbonyl (C=O) groups is 1. The quantitative estimate of drug-likeness (QED) is 0.357. The number of hydrogen-bond donors (Lipinski definition) is 0. The molecule has 3 rings (SSSR count). The number of alkyl halides is 1. The lowest BCUT2D eigenvalue weighted by atomic mass is 9.99. The summed E-state index contributed by atoms with van der Waals surface area (Å²) < 4.78 is 0. The number of Topliss-reactive ketones (excluding diaryl/α,β-unsaturated/α-hetero) is 1. The average molecular weight is 334 g/mol. The van der Waals surface area contributed by atoms with Crippen LogP contribution in [0.4, 0.5) is 0 Å². The Hall–Kier alpha value is -1.38. The van der Waals surface area contributed by atoms with Gasteiger partial charge in [0.25, 0.3) is 0 Å². The van der Waals surface area contributed by atoms with E-state index in [-0.39, 0.29) is 5.78 Å². The molecule has 0 heterocycles. The van der Waals surface area contributed by atoms with E-state index in [0.717, 1.165) is 32.1 Å². The highest BCUT2D eigenvalue weighted by molar-refractivity contribution is 9.09. The molecule has 3 aromatic rings. The largest absolute Gasteiger partial charge is 0.293 e. The molecular weight excluding hydrogens is 324 g/mol. The van der Waals surface area contributed by atoms with Crippen molar-refractivity contribution in [3.05, 3.63) is 59.1 Å². The first-order chi connectivity index (χ1) is 9.20. The van der Waals surface area contributed by atoms with Crippen LogP contribution in [0.2, 0.25) is 5.02 Å². The molecule has 0 N–H and O–H groups in total. The second-order valence-electron chi connectivity index (χ2n) is 4.40. The summed E-state index contributed by atoms with van der Waals surface area (Å²) in [6.45, 7) is 0. The van der Waals surface area contributed by atoms with Crippen molar-refractivity contribution in [3.8, 4) is 0 Å². The third-order valence-electron chi connectivity index (χ3n) is 3.25. The molecule has 0 atom stereocenters. The van der Waals surface area contributed by atoms with Crippen LogP contribution in [0.3, 0.4) is 0 Å². The van der Waals surface area contributed by atoms with Crippen LogP contribution in [0.15, 0.2) is 48.5 Å². The maximum atomic E-state index is 11.8. The lowest BCUT2D eigenvalue weighted by molar-refractivity contribution is 0.102. The summed E-state index contributed by atoms with van der Waals surface area (Å²) in [6, 6.07) is 15.7. The topological polar surface area (TPSA) is 17.1 Å². The Bertz CT molecular complexity index is 795. The Balaban J connectivity index is 2.41. The Morgan fingerprint density at radius 1 is 1.00 bits per heavy atom. The number of carbonyl (C=O) groups excluding carboxylic acids is 1. The van der Waals surface area contributed by atoms with Crippen molar-refractivity contribution in [1.29, 1.82) is 0 Å². The molecule has 94 valence electrons. The molecule has 3 aromatic carbocycles. The number of fused-ring (bicyclic) bond motifs is 3. The monoisotopic (exact) mass is 332 g/mol. The second-order valence-corrected chi connectivity index (χ2v) is 5.36. The standard InChI is InChI=1S/C16H10BrClO/c17-9-16(19)11-6-5-10-8-15(18)13-4-2-1-3-12(13)14(10)7-11/h1-8H,9H2. The van der Waals surface area contributed by atoms with Crippen molar-refractivity contribution in [3.63, 3.8) is 0 Å². The van der Waals surface area contributed by atoms with Crippen LogP contribution in [-0.4, -0.2) is 11.1 Å². The second kappa shape index (κ2) is 4.95. The van der Waals surface area contributed by atoms with Crippen LogP contribution < -0.4 is 0 Å². The first-order valence-electron chi connectivity index (χ1n) is 5.91. The van der Waals surface area contributed by atoms with Crippen LogP contribution in [0, 0.1) is 0 Å². The highest BCUT2D eigenvalue weighted by atomic mass is 79.9. The maximum absolute atomic E-state index is 11.8. The Labute approximate surface area is 124 Å². The minimum Gasteiger partial charge on any atom is -0.293 e. The van der Waals surface area contributed by atoms with Gasteiger partial charge in [-0.05, 0) is 28.3 Å². The van der Waals surface area contributed by atoms with Crippen molar-refractivity contribution in [2.24, 2.45) is 0 Å². The van der Waals surface area contributed by atoms with E-state index in [0.29, 0.717) is 5.33 Å². The summed E-state index contributed by atoms with van der Waals surface area (Å²) in [5, 5.41) is 5.28. The molecule has 0 bridgehead atoms. The lowest BCUT2D eigenvalue weighted by Crippen LogP contribution is -1.99. The van der Waals surface area contributed by atoms with Gasteiger partial charge in [0.05, 0.1) is 5.33 Å². The van der Waals surface area contributed by atoms with Crippen molar-refractivity contribution in [1.82, 2.24) is 0 Å². The molecule has 0 aliphatic heterocycles. The number of rotatable bonds is 2. The SMILES string of the molecule is O=C(CBr)c1ccc2cc(Cl)c3ccccc3c2c1. The highest BCUT2D eigenvalue weighted by Crippen LogP contribution is 2.32. The van der Waals surface area contributed by atoms with Crippen molar-refractivity contribution in [2.45, 2.75) is 0 Å². The molecule has 0 spiro atoms. The fourth-order valence-electron chi connectivity index (χ4n) is 2.31. The van der Waals surface area contributed by atoms with Crippen molar-refractivity contribution >= 4 is 54.9 Å². The summed E-state index contributed by atoms with van der Waals surface area (Å²) in [7, 11) is 0. The third kappa shape index (κ3) is 2.15. The number of benzene rings is 3. The van der Waals surface area contributed by atoms with Crippen molar-refractivity contribution < 1.29 is 4.79 Å². The molecule has 19 heavy (non-hydrogen) atoms. The van der Waals surface area contributed by atoms with Crippen LogP contribution in [0.5, 0.6) is 0 Å². The molecule has 0 fully saturated rings. The molecule has 0 saturated carbocycles. The first kappa shape index (κ1) is 12.6. The molecule has 0 aliphatic carbocycles. The molecule has 0 saturated heterocycles. The molecule has 0 aromatic heterocycles. The fourth-order valence-corrected chi connectivity index (χ4v) is 2.91. The summed E-state index contributed by atoms with van der Waals surface area (Å²) in [4.78, 5) is 11.8. The van der Waals surface area contributed by atoms with Gasteiger partial charge in [-0.25, -0.2) is 0 Å². The Kier molecular flexibility index (Phi) is 3.29. The van der Waals surface area contributed by atoms with E-state index in [2.05, 4.69) is 15.9 Å². The molecule has 3 heteroatoms. The van der Waals surface area contributed by atoms with Crippen LogP contribution >= 0.6 is 27.5 Å². The Morgan fingerprint density at radius 3 is 2.47 bits per heavy atom. The first-order valence-corrected chi connectivity index (χ1v) is 7.41. The van der Waals surface area contributed by atoms with E-state index in [9.17, 15) is 4.79 Å². The zero-order valence-electron chi connectivity index (χ0n) is 9.99. The van der Waals surface area contributed by atoms with Gasteiger partial charge in [0, 0.05) is 16.0 Å². The fraction of sp³-hybridized carbons (Fsp3) is 0.0625. The van der Waals surface area contributed by atoms with Gasteiger partial charge in [-0.1, -0.05) is 63.9 Å². The third-order valence-corrected chi connectivity index (χ3v) is 4.08. The predicted octanol–water partition coefficient (Wildman–Crippen LogP) is 5.22. The van der Waals surface area contributed by atoms with Gasteiger partial charge in [0.15, 0.2) is 5.78 Å². The summed E-state index contributed by atoms with van der Waals surface area (Å²) in [6.07, 6.45) is 0. The van der Waals surface area contributed by atoms with E-state index in [4.69, 9.17) is 11.6 Å². The van der Waals surface area contributed by atoms with E-state index < -0.39 is 0 Å². The maximum Gasteiger partial charge on any atom is 0.173 e. The van der Waals surface area contributed by atoms with Gasteiger partial charge in [-0.2, -0.15) is 0 Å². The zero-order valence-corrected chi connectivity index (χ0v) is 12.3. The van der Waals surface area contributed by atoms with Crippen LogP contribution in [0.1, 0.15) is 10.4 Å². The van der Waals surface area contributed by atoms with Gasteiger partial charge in [0.2, 0.25) is 0 Å². The van der Waals surface area contributed by atoms with E-state index in [1.54, 1.807) is 0 Å². The summed E-state index contributed by atoms with van der Waals surface area (Å²) >= 11 is 9.50. The Morgan fingerprint density at radius 2 is 1.74 bits per heavy atom. The normalized spacial score (nSPS) is 11.1. The molecular formula is C16H10BrClO. The molecule has 0 aliphatic rings. The van der Waals surface area contributed by atoms with Gasteiger partial charge in [0.1, 0.15) is 0 Å². The minimum absolute atomic E-state index is 0.0842. The summed E-state index contributed by atoms with van der Waals surface area (Å²) in [5.41, 5.74) is 0.719. The van der Waals surface area contributed by atoms with Crippen molar-refractivity contribution in [2.75, 3.05) is 5.33 Å². The van der Waals surface area contributed by atoms with Crippen LogP contribution in [0.25, 0.3) is 21.5 Å². The number of ketones is 1. The minimum atomic E-state index is 0.0842. The smallest absolute Gasteiger partial charge is 0.173 e. The molecule has 1 nitrogen and oxygen atoms in total. The average Bonchev–Trinajstić information content (AvgIpc) is 2.46. The van der Waals surface area contributed by atoms with E-state index in [1.165, 1.54) is 0 Å². The van der Waals surface area contributed by atoms with Crippen LogP contribution in [-0.2, 0) is 0 Å². The predicted molar refractivity (Wildman–Crippen MR) is 84.6 cm³/mol. The van der Waals surface area contributed by atoms with E-state index in [1.807, 2.05) is 48.5 Å². The van der Waals surface area contributed by atoms with Gasteiger partial charge < -0.3 is 0 Å². The highest BCUT2D eigenvalue weighted by Gasteiger charge is 2.08. The van der Waals surface area contributed by atoms with Gasteiger partial charge in [-0.3, -0.25) is 4.79 Å². The van der Waals surface area contributed by atoms with Gasteiger partial charge >= 0.3 is 0 Å².